The summed E-state index contributed by atoms with van der Waals surface area (Å²) in [5.41, 5.74) is 10.8. The van der Waals surface area contributed by atoms with Gasteiger partial charge in [-0.1, -0.05) is 67.8 Å². The molecular weight excluding hydrogens is 416 g/mol. The molecule has 0 spiro atoms. The van der Waals surface area contributed by atoms with Crippen LogP contribution in [0.4, 0.5) is 5.82 Å². The summed E-state index contributed by atoms with van der Waals surface area (Å²) >= 11 is 0. The molecule has 0 amide bonds. The maximum atomic E-state index is 5.91. The molecule has 0 bridgehead atoms. The van der Waals surface area contributed by atoms with Crippen LogP contribution in [0.3, 0.4) is 0 Å². The third-order valence-electron chi connectivity index (χ3n) is 7.51. The fourth-order valence-corrected chi connectivity index (χ4v) is 5.73. The average Bonchev–Trinajstić information content (AvgIpc) is 2.85. The minimum absolute atomic E-state index is 0.204. The molecule has 3 aromatic rings. The zero-order chi connectivity index (χ0) is 23.8. The van der Waals surface area contributed by atoms with Crippen molar-refractivity contribution in [3.05, 3.63) is 109 Å². The van der Waals surface area contributed by atoms with E-state index in [0.29, 0.717) is 17.7 Å². The van der Waals surface area contributed by atoms with Gasteiger partial charge in [0.05, 0.1) is 6.04 Å². The Morgan fingerprint density at radius 1 is 1.09 bits per heavy atom. The average molecular weight is 451 g/mol. The predicted octanol–water partition coefficient (Wildman–Crippen LogP) is 6.10. The zero-order valence-electron chi connectivity index (χ0n) is 20.1. The Hall–Kier alpha value is -3.53. The lowest BCUT2D eigenvalue weighted by Crippen LogP contribution is -2.57. The highest BCUT2D eigenvalue weighted by molar-refractivity contribution is 5.83. The van der Waals surface area contributed by atoms with Crippen molar-refractivity contribution >= 4 is 16.6 Å². The monoisotopic (exact) mass is 450 g/mol. The van der Waals surface area contributed by atoms with E-state index in [1.807, 2.05) is 12.1 Å². The molecule has 2 aromatic carbocycles. The first-order valence-corrected chi connectivity index (χ1v) is 12.2. The van der Waals surface area contributed by atoms with Gasteiger partial charge in [0, 0.05) is 36.8 Å². The fraction of sp³-hybridized carbons (Fsp3) is 0.300. The number of nitrogen functional groups attached to an aromatic ring is 1. The number of anilines is 1. The second-order valence-corrected chi connectivity index (χ2v) is 9.86. The molecule has 0 aliphatic carbocycles. The second-order valence-electron chi connectivity index (χ2n) is 9.86. The van der Waals surface area contributed by atoms with Crippen molar-refractivity contribution < 1.29 is 0 Å². The minimum Gasteiger partial charge on any atom is -0.384 e. The third kappa shape index (κ3) is 4.09. The highest BCUT2D eigenvalue weighted by atomic mass is 15.4. The first-order valence-electron chi connectivity index (χ1n) is 12.2. The Morgan fingerprint density at radius 3 is 2.65 bits per heavy atom. The van der Waals surface area contributed by atoms with E-state index in [0.717, 1.165) is 43.0 Å². The van der Waals surface area contributed by atoms with Crippen LogP contribution in [0.5, 0.6) is 0 Å². The van der Waals surface area contributed by atoms with Gasteiger partial charge in [-0.3, -0.25) is 0 Å². The summed E-state index contributed by atoms with van der Waals surface area (Å²) in [4.78, 5) is 8.88. The van der Waals surface area contributed by atoms with Crippen LogP contribution >= 0.6 is 0 Å². The maximum absolute atomic E-state index is 5.91. The van der Waals surface area contributed by atoms with Crippen molar-refractivity contribution in [1.29, 1.82) is 0 Å². The summed E-state index contributed by atoms with van der Waals surface area (Å²) < 4.78 is 0. The molecule has 0 radical (unpaired) electrons. The summed E-state index contributed by atoms with van der Waals surface area (Å²) in [5, 5.41) is 2.61. The molecule has 174 valence electrons. The van der Waals surface area contributed by atoms with Crippen LogP contribution in [-0.4, -0.2) is 33.9 Å². The lowest BCUT2D eigenvalue weighted by Gasteiger charge is -2.55. The SMILES string of the molecule is C=C(C)C1[C@@H](Cc2ccnc(N)c2)C(=C)N1C(=C)N1CCCC(c2ccc3ccccc3c2)C1. The summed E-state index contributed by atoms with van der Waals surface area (Å²) in [7, 11) is 0. The molecule has 2 aliphatic rings. The largest absolute Gasteiger partial charge is 0.384 e. The van der Waals surface area contributed by atoms with Crippen molar-refractivity contribution in [2.75, 3.05) is 18.8 Å². The van der Waals surface area contributed by atoms with Gasteiger partial charge in [-0.05, 0) is 60.2 Å². The molecule has 5 rings (SSSR count). The number of benzene rings is 2. The van der Waals surface area contributed by atoms with E-state index in [-0.39, 0.29) is 6.04 Å². The predicted molar refractivity (Wildman–Crippen MR) is 142 cm³/mol. The molecule has 2 fully saturated rings. The van der Waals surface area contributed by atoms with Crippen molar-refractivity contribution in [2.45, 2.75) is 38.1 Å². The van der Waals surface area contributed by atoms with E-state index < -0.39 is 0 Å². The quantitative estimate of drug-likeness (QED) is 0.461. The number of nitrogens with zero attached hydrogens (tertiary/aromatic N) is 3. The minimum atomic E-state index is 0.204. The number of piperidine rings is 1. The van der Waals surface area contributed by atoms with E-state index in [1.165, 1.54) is 28.3 Å². The highest BCUT2D eigenvalue weighted by Crippen LogP contribution is 2.45. The molecular formula is C30H34N4. The molecule has 3 atom stereocenters. The van der Waals surface area contributed by atoms with E-state index in [9.17, 15) is 0 Å². The molecule has 3 heterocycles. The molecule has 0 saturated carbocycles. The van der Waals surface area contributed by atoms with Crippen LogP contribution in [0.15, 0.2) is 97.6 Å². The van der Waals surface area contributed by atoms with Crippen molar-refractivity contribution in [3.63, 3.8) is 0 Å². The van der Waals surface area contributed by atoms with Gasteiger partial charge in [0.1, 0.15) is 11.6 Å². The van der Waals surface area contributed by atoms with Crippen LogP contribution in [0.1, 0.15) is 36.8 Å². The number of hydrogen-bond donors (Lipinski definition) is 1. The standard InChI is InChI=1S/C30H34N4/c1-20(2)30-28(16-23-13-14-32-29(31)17-23)21(3)34(30)22(4)33-15-7-10-27(19-33)26-12-11-24-8-5-6-9-25(24)18-26/h5-6,8-9,11-14,17-18,27-28,30H,1,3-4,7,10,15-16,19H2,2H3,(H2,31,32)/t27?,28-,30?/m0/s1. The van der Waals surface area contributed by atoms with E-state index in [2.05, 4.69) is 83.9 Å². The Balaban J connectivity index is 1.31. The Labute approximate surface area is 203 Å². The Bertz CT molecular complexity index is 1260. The number of pyridine rings is 1. The smallest absolute Gasteiger partial charge is 0.123 e. The lowest BCUT2D eigenvalue weighted by atomic mass is 9.77. The van der Waals surface area contributed by atoms with Gasteiger partial charge in [0.2, 0.25) is 0 Å². The lowest BCUT2D eigenvalue weighted by molar-refractivity contribution is 0.0895. The van der Waals surface area contributed by atoms with Crippen LogP contribution in [-0.2, 0) is 6.42 Å². The van der Waals surface area contributed by atoms with Gasteiger partial charge in [0.25, 0.3) is 0 Å². The molecule has 4 nitrogen and oxygen atoms in total. The summed E-state index contributed by atoms with van der Waals surface area (Å²) in [6.07, 6.45) is 5.03. The van der Waals surface area contributed by atoms with Gasteiger partial charge in [-0.2, -0.15) is 0 Å². The van der Waals surface area contributed by atoms with Crippen molar-refractivity contribution in [2.24, 2.45) is 5.92 Å². The van der Waals surface area contributed by atoms with Gasteiger partial charge in [0.15, 0.2) is 0 Å². The summed E-state index contributed by atoms with van der Waals surface area (Å²) in [6, 6.07) is 19.7. The number of hydrogen-bond acceptors (Lipinski definition) is 4. The van der Waals surface area contributed by atoms with E-state index in [1.54, 1.807) is 6.20 Å². The first-order chi connectivity index (χ1) is 16.4. The van der Waals surface area contributed by atoms with Crippen LogP contribution in [0, 0.1) is 5.92 Å². The molecule has 2 saturated heterocycles. The molecule has 2 unspecified atom stereocenters. The Morgan fingerprint density at radius 2 is 1.88 bits per heavy atom. The van der Waals surface area contributed by atoms with Crippen molar-refractivity contribution in [1.82, 2.24) is 14.8 Å². The molecule has 4 heteroatoms. The number of nitrogens with two attached hydrogens (primary N) is 1. The number of rotatable bonds is 6. The van der Waals surface area contributed by atoms with Crippen LogP contribution in [0.25, 0.3) is 10.8 Å². The normalized spacial score (nSPS) is 22.5. The third-order valence-corrected chi connectivity index (χ3v) is 7.51. The first kappa shape index (κ1) is 22.3. The molecule has 1 aromatic heterocycles. The topological polar surface area (TPSA) is 45.4 Å². The maximum Gasteiger partial charge on any atom is 0.123 e. The van der Waals surface area contributed by atoms with Gasteiger partial charge < -0.3 is 15.5 Å². The number of likely N-dealkylation sites (tertiary alicyclic amines) is 2. The highest BCUT2D eigenvalue weighted by Gasteiger charge is 2.45. The Kier molecular flexibility index (Phi) is 5.91. The number of aromatic nitrogens is 1. The molecule has 2 N–H and O–H groups in total. The van der Waals surface area contributed by atoms with Gasteiger partial charge in [-0.15, -0.1) is 0 Å². The molecule has 34 heavy (non-hydrogen) atoms. The van der Waals surface area contributed by atoms with Crippen LogP contribution in [0.2, 0.25) is 0 Å². The number of fused-ring (bicyclic) bond motifs is 1. The zero-order valence-corrected chi connectivity index (χ0v) is 20.1. The summed E-state index contributed by atoms with van der Waals surface area (Å²) in [6.45, 7) is 17.4. The van der Waals surface area contributed by atoms with Gasteiger partial charge in [-0.25, -0.2) is 4.98 Å². The fourth-order valence-electron chi connectivity index (χ4n) is 5.73. The van der Waals surface area contributed by atoms with Gasteiger partial charge >= 0.3 is 0 Å². The summed E-state index contributed by atoms with van der Waals surface area (Å²) in [5.74, 6) is 2.42. The van der Waals surface area contributed by atoms with Crippen LogP contribution < -0.4 is 5.73 Å². The second kappa shape index (κ2) is 9.02. The molecule has 2 aliphatic heterocycles. The van der Waals surface area contributed by atoms with E-state index >= 15 is 0 Å². The van der Waals surface area contributed by atoms with E-state index in [4.69, 9.17) is 5.73 Å². The van der Waals surface area contributed by atoms with Crippen molar-refractivity contribution in [3.8, 4) is 0 Å².